The normalized spacial score (nSPS) is 30.3. The summed E-state index contributed by atoms with van der Waals surface area (Å²) in [5.74, 6) is 0.156. The van der Waals surface area contributed by atoms with Crippen molar-refractivity contribution in [2.24, 2.45) is 0 Å². The van der Waals surface area contributed by atoms with Gasteiger partial charge in [-0.05, 0) is 47.2 Å². The van der Waals surface area contributed by atoms with Crippen molar-refractivity contribution < 1.29 is 4.79 Å². The molecule has 80 valence electrons. The molecule has 2 rings (SSSR count). The van der Waals surface area contributed by atoms with E-state index in [2.05, 4.69) is 66.0 Å². The Morgan fingerprint density at radius 3 is 2.47 bits per heavy atom. The first-order chi connectivity index (χ1) is 7.02. The van der Waals surface area contributed by atoms with E-state index in [0.717, 1.165) is 0 Å². The van der Waals surface area contributed by atoms with Crippen molar-refractivity contribution in [1.82, 2.24) is 5.32 Å². The Morgan fingerprint density at radius 1 is 1.40 bits per heavy atom. The van der Waals surface area contributed by atoms with Gasteiger partial charge in [-0.3, -0.25) is 4.79 Å². The number of carbonyl (C=O) groups is 1. The van der Waals surface area contributed by atoms with Gasteiger partial charge < -0.3 is 5.32 Å². The average Bonchev–Trinajstić information content (AvgIpc) is 2.42. The highest BCUT2D eigenvalue weighted by atomic mass is 127. The maximum absolute atomic E-state index is 11.4. The fourth-order valence-electron chi connectivity index (χ4n) is 2.12. The zero-order valence-electron chi connectivity index (χ0n) is 8.88. The first-order valence-electron chi connectivity index (χ1n) is 5.08. The molecule has 2 atom stereocenters. The minimum Gasteiger partial charge on any atom is -0.353 e. The zero-order valence-corrected chi connectivity index (χ0v) is 11.0. The van der Waals surface area contributed by atoms with Gasteiger partial charge in [0.25, 0.3) is 0 Å². The lowest BCUT2D eigenvalue weighted by atomic mass is 9.77. The van der Waals surface area contributed by atoms with Crippen LogP contribution in [0.3, 0.4) is 0 Å². The van der Waals surface area contributed by atoms with Gasteiger partial charge in [-0.1, -0.05) is 19.1 Å². The van der Waals surface area contributed by atoms with Crippen LogP contribution in [0.15, 0.2) is 24.3 Å². The number of hydrogen-bond acceptors (Lipinski definition) is 1. The molecule has 1 N–H and O–H groups in total. The second-order valence-electron chi connectivity index (χ2n) is 4.39. The molecule has 0 radical (unpaired) electrons. The van der Waals surface area contributed by atoms with E-state index in [9.17, 15) is 4.79 Å². The number of hydrogen-bond donors (Lipinski definition) is 1. The third-order valence-electron chi connectivity index (χ3n) is 3.36. The molecule has 1 amide bonds. The van der Waals surface area contributed by atoms with E-state index in [-0.39, 0.29) is 17.4 Å². The van der Waals surface area contributed by atoms with E-state index < -0.39 is 0 Å². The fourth-order valence-corrected chi connectivity index (χ4v) is 2.48. The summed E-state index contributed by atoms with van der Waals surface area (Å²) in [7, 11) is 0. The van der Waals surface area contributed by atoms with E-state index in [1.807, 2.05) is 0 Å². The molecule has 3 heteroatoms. The summed E-state index contributed by atoms with van der Waals surface area (Å²) in [6, 6.07) is 8.65. The van der Waals surface area contributed by atoms with Crippen LogP contribution in [0.1, 0.15) is 25.8 Å². The Bertz CT molecular complexity index is 387. The number of nitrogens with one attached hydrogen (secondary N) is 1. The third-order valence-corrected chi connectivity index (χ3v) is 4.08. The highest BCUT2D eigenvalue weighted by Gasteiger charge is 2.41. The van der Waals surface area contributed by atoms with Gasteiger partial charge in [-0.25, -0.2) is 0 Å². The summed E-state index contributed by atoms with van der Waals surface area (Å²) in [5.41, 5.74) is 1.19. The number of halogens is 1. The molecule has 0 spiro atoms. The summed E-state index contributed by atoms with van der Waals surface area (Å²) in [4.78, 5) is 11.4. The van der Waals surface area contributed by atoms with E-state index in [4.69, 9.17) is 0 Å². The van der Waals surface area contributed by atoms with Crippen molar-refractivity contribution in [2.75, 3.05) is 0 Å². The minimum atomic E-state index is -0.0541. The van der Waals surface area contributed by atoms with Crippen LogP contribution in [0.5, 0.6) is 0 Å². The van der Waals surface area contributed by atoms with E-state index in [1.54, 1.807) is 0 Å². The molecule has 0 aliphatic carbocycles. The predicted octanol–water partition coefficient (Wildman–Crippen LogP) is 2.46. The SMILES string of the molecule is CC1NC(=O)CC1(C)c1ccc(I)cc1. The van der Waals surface area contributed by atoms with Crippen molar-refractivity contribution in [3.8, 4) is 0 Å². The topological polar surface area (TPSA) is 29.1 Å². The third kappa shape index (κ3) is 1.89. The lowest BCUT2D eigenvalue weighted by Crippen LogP contribution is -2.35. The monoisotopic (exact) mass is 315 g/mol. The summed E-state index contributed by atoms with van der Waals surface area (Å²) < 4.78 is 1.23. The maximum atomic E-state index is 11.4. The van der Waals surface area contributed by atoms with Crippen molar-refractivity contribution in [3.63, 3.8) is 0 Å². The standard InChI is InChI=1S/C12H14INO/c1-8-12(2,7-11(15)14-8)9-3-5-10(13)6-4-9/h3-6,8H,7H2,1-2H3,(H,14,15). The quantitative estimate of drug-likeness (QED) is 0.793. The molecule has 1 aromatic rings. The molecule has 0 bridgehead atoms. The zero-order chi connectivity index (χ0) is 11.1. The van der Waals surface area contributed by atoms with Crippen molar-refractivity contribution in [2.45, 2.75) is 31.7 Å². The molecular weight excluding hydrogens is 301 g/mol. The van der Waals surface area contributed by atoms with Crippen LogP contribution >= 0.6 is 22.6 Å². The summed E-state index contributed by atoms with van der Waals surface area (Å²) in [6.07, 6.45) is 0.592. The van der Waals surface area contributed by atoms with Gasteiger partial charge in [0.15, 0.2) is 0 Å². The number of rotatable bonds is 1. The largest absolute Gasteiger partial charge is 0.353 e. The van der Waals surface area contributed by atoms with Crippen LogP contribution in [-0.4, -0.2) is 11.9 Å². The first kappa shape index (κ1) is 10.9. The number of carbonyl (C=O) groups excluding carboxylic acids is 1. The molecule has 1 saturated heterocycles. The molecule has 15 heavy (non-hydrogen) atoms. The number of benzene rings is 1. The first-order valence-corrected chi connectivity index (χ1v) is 6.16. The van der Waals surface area contributed by atoms with Crippen LogP contribution in [-0.2, 0) is 10.2 Å². The van der Waals surface area contributed by atoms with Crippen molar-refractivity contribution in [1.29, 1.82) is 0 Å². The van der Waals surface area contributed by atoms with Gasteiger partial charge in [0.1, 0.15) is 0 Å². The molecular formula is C12H14INO. The minimum absolute atomic E-state index is 0.0541. The number of amides is 1. The molecule has 1 heterocycles. The van der Waals surface area contributed by atoms with Crippen LogP contribution < -0.4 is 5.32 Å². The smallest absolute Gasteiger partial charge is 0.221 e. The highest BCUT2D eigenvalue weighted by Crippen LogP contribution is 2.35. The van der Waals surface area contributed by atoms with Gasteiger partial charge in [0, 0.05) is 21.4 Å². The van der Waals surface area contributed by atoms with Gasteiger partial charge in [0.2, 0.25) is 5.91 Å². The Morgan fingerprint density at radius 2 is 2.00 bits per heavy atom. The molecule has 1 aromatic carbocycles. The Hall–Kier alpha value is -0.580. The molecule has 1 aliphatic rings. The van der Waals surface area contributed by atoms with Gasteiger partial charge >= 0.3 is 0 Å². The van der Waals surface area contributed by atoms with E-state index >= 15 is 0 Å². The maximum Gasteiger partial charge on any atom is 0.221 e. The molecule has 1 fully saturated rings. The molecule has 0 aromatic heterocycles. The second kappa shape index (κ2) is 3.77. The molecule has 2 nitrogen and oxygen atoms in total. The Balaban J connectivity index is 2.37. The lowest BCUT2D eigenvalue weighted by molar-refractivity contribution is -0.119. The molecule has 2 unspecified atom stereocenters. The van der Waals surface area contributed by atoms with Crippen molar-refractivity contribution >= 4 is 28.5 Å². The van der Waals surface area contributed by atoms with Crippen LogP contribution in [0.4, 0.5) is 0 Å². The van der Waals surface area contributed by atoms with Gasteiger partial charge in [-0.15, -0.1) is 0 Å². The summed E-state index contributed by atoms with van der Waals surface area (Å²) >= 11 is 2.29. The van der Waals surface area contributed by atoms with E-state index in [1.165, 1.54) is 9.13 Å². The average molecular weight is 315 g/mol. The van der Waals surface area contributed by atoms with Gasteiger partial charge in [0.05, 0.1) is 0 Å². The van der Waals surface area contributed by atoms with Crippen molar-refractivity contribution in [3.05, 3.63) is 33.4 Å². The summed E-state index contributed by atoms with van der Waals surface area (Å²) in [6.45, 7) is 4.22. The Kier molecular flexibility index (Phi) is 2.75. The highest BCUT2D eigenvalue weighted by molar-refractivity contribution is 14.1. The molecule has 1 aliphatic heterocycles. The second-order valence-corrected chi connectivity index (χ2v) is 5.64. The fraction of sp³-hybridized carbons (Fsp3) is 0.417. The Labute approximate surface area is 104 Å². The summed E-state index contributed by atoms with van der Waals surface area (Å²) in [5, 5.41) is 2.98. The lowest BCUT2D eigenvalue weighted by Gasteiger charge is -2.28. The van der Waals surface area contributed by atoms with Crippen LogP contribution in [0.25, 0.3) is 0 Å². The van der Waals surface area contributed by atoms with Crippen LogP contribution in [0, 0.1) is 3.57 Å². The van der Waals surface area contributed by atoms with E-state index in [0.29, 0.717) is 6.42 Å². The van der Waals surface area contributed by atoms with Crippen LogP contribution in [0.2, 0.25) is 0 Å². The van der Waals surface area contributed by atoms with Gasteiger partial charge in [-0.2, -0.15) is 0 Å². The predicted molar refractivity (Wildman–Crippen MR) is 68.7 cm³/mol. The molecule has 0 saturated carbocycles.